The number of hydrogen-bond donors (Lipinski definition) is 0. The Kier molecular flexibility index (Phi) is 4.03. The Morgan fingerprint density at radius 2 is 1.81 bits per heavy atom. The standard InChI is InChI=1S/C15H9BrClFN2O/c16-12-10(7-4-8-11(12)18)14-19-20-15(21-14)13(17)9-5-2-1-3-6-9/h1-8,13H. The second-order valence-corrected chi connectivity index (χ2v) is 5.55. The second-order valence-electron chi connectivity index (χ2n) is 4.32. The summed E-state index contributed by atoms with van der Waals surface area (Å²) in [7, 11) is 0. The summed E-state index contributed by atoms with van der Waals surface area (Å²) in [6.45, 7) is 0. The fourth-order valence-corrected chi connectivity index (χ4v) is 2.55. The minimum absolute atomic E-state index is 0.220. The van der Waals surface area contributed by atoms with Crippen molar-refractivity contribution < 1.29 is 8.81 Å². The molecule has 0 saturated carbocycles. The SMILES string of the molecule is Fc1cccc(-c2nnc(C(Cl)c3ccccc3)o2)c1Br. The highest BCUT2D eigenvalue weighted by atomic mass is 79.9. The van der Waals surface area contributed by atoms with Crippen LogP contribution < -0.4 is 0 Å². The second kappa shape index (κ2) is 5.95. The lowest BCUT2D eigenvalue weighted by molar-refractivity contribution is 0.512. The van der Waals surface area contributed by atoms with Crippen LogP contribution in [0.25, 0.3) is 11.5 Å². The van der Waals surface area contributed by atoms with Crippen LogP contribution in [0.2, 0.25) is 0 Å². The number of hydrogen-bond acceptors (Lipinski definition) is 3. The van der Waals surface area contributed by atoms with Crippen molar-refractivity contribution in [2.45, 2.75) is 5.38 Å². The molecule has 3 nitrogen and oxygen atoms in total. The average Bonchev–Trinajstić information content (AvgIpc) is 3.00. The zero-order chi connectivity index (χ0) is 14.8. The van der Waals surface area contributed by atoms with Gasteiger partial charge in [0, 0.05) is 0 Å². The molecule has 0 aliphatic rings. The summed E-state index contributed by atoms with van der Waals surface area (Å²) in [5.74, 6) is 0.102. The highest BCUT2D eigenvalue weighted by Crippen LogP contribution is 2.33. The first-order chi connectivity index (χ1) is 10.2. The molecule has 0 N–H and O–H groups in total. The summed E-state index contributed by atoms with van der Waals surface area (Å²) in [5.41, 5.74) is 1.35. The van der Waals surface area contributed by atoms with Crippen molar-refractivity contribution in [2.75, 3.05) is 0 Å². The predicted molar refractivity (Wildman–Crippen MR) is 81.5 cm³/mol. The molecule has 1 unspecified atom stereocenters. The van der Waals surface area contributed by atoms with E-state index in [1.54, 1.807) is 12.1 Å². The molecule has 0 amide bonds. The minimum atomic E-state index is -0.542. The maximum Gasteiger partial charge on any atom is 0.249 e. The van der Waals surface area contributed by atoms with Gasteiger partial charge >= 0.3 is 0 Å². The molecule has 1 aromatic heterocycles. The Bertz CT molecular complexity index is 763. The van der Waals surface area contributed by atoms with Gasteiger partial charge in [-0.25, -0.2) is 4.39 Å². The first-order valence-corrected chi connectivity index (χ1v) is 7.36. The highest BCUT2D eigenvalue weighted by Gasteiger charge is 2.20. The lowest BCUT2D eigenvalue weighted by Crippen LogP contribution is -1.92. The number of aromatic nitrogens is 2. The van der Waals surface area contributed by atoms with Crippen LogP contribution in [-0.2, 0) is 0 Å². The summed E-state index contributed by atoms with van der Waals surface area (Å²) < 4.78 is 19.4. The van der Waals surface area contributed by atoms with Crippen LogP contribution in [0.1, 0.15) is 16.8 Å². The van der Waals surface area contributed by atoms with E-state index < -0.39 is 11.2 Å². The normalized spacial score (nSPS) is 12.3. The van der Waals surface area contributed by atoms with E-state index in [1.165, 1.54) is 6.07 Å². The fraction of sp³-hybridized carbons (Fsp3) is 0.0667. The molecule has 3 aromatic rings. The van der Waals surface area contributed by atoms with Crippen molar-refractivity contribution in [1.82, 2.24) is 10.2 Å². The van der Waals surface area contributed by atoms with Crippen LogP contribution in [0.4, 0.5) is 4.39 Å². The van der Waals surface area contributed by atoms with Crippen molar-refractivity contribution in [3.63, 3.8) is 0 Å². The summed E-state index contributed by atoms with van der Waals surface area (Å²) in [6, 6.07) is 14.0. The largest absolute Gasteiger partial charge is 0.419 e. The Labute approximate surface area is 133 Å². The Balaban J connectivity index is 1.95. The fourth-order valence-electron chi connectivity index (χ4n) is 1.88. The molecule has 0 fully saturated rings. The molecular formula is C15H9BrClFN2O. The third-order valence-corrected chi connectivity index (χ3v) is 4.18. The molecule has 0 bridgehead atoms. The van der Waals surface area contributed by atoms with Gasteiger partial charge in [0.05, 0.1) is 10.0 Å². The number of benzene rings is 2. The summed E-state index contributed by atoms with van der Waals surface area (Å²) in [4.78, 5) is 0. The highest BCUT2D eigenvalue weighted by molar-refractivity contribution is 9.10. The van der Waals surface area contributed by atoms with E-state index in [-0.39, 0.29) is 16.3 Å². The minimum Gasteiger partial charge on any atom is -0.419 e. The third-order valence-electron chi connectivity index (χ3n) is 2.93. The number of nitrogens with zero attached hydrogens (tertiary/aromatic N) is 2. The van der Waals surface area contributed by atoms with Gasteiger partial charge in [-0.05, 0) is 33.6 Å². The van der Waals surface area contributed by atoms with Crippen LogP contribution in [0.3, 0.4) is 0 Å². The summed E-state index contributed by atoms with van der Waals surface area (Å²) in [6.07, 6.45) is 0. The van der Waals surface area contributed by atoms with Gasteiger partial charge in [-0.15, -0.1) is 21.8 Å². The van der Waals surface area contributed by atoms with E-state index in [9.17, 15) is 4.39 Å². The number of halogens is 3. The van der Waals surface area contributed by atoms with Crippen LogP contribution in [0.5, 0.6) is 0 Å². The zero-order valence-corrected chi connectivity index (χ0v) is 13.0. The molecule has 2 aromatic carbocycles. The van der Waals surface area contributed by atoms with Crippen molar-refractivity contribution in [3.8, 4) is 11.5 Å². The quantitative estimate of drug-likeness (QED) is 0.614. The van der Waals surface area contributed by atoms with Crippen LogP contribution in [0.15, 0.2) is 57.4 Å². The Hall–Kier alpha value is -1.72. The smallest absolute Gasteiger partial charge is 0.249 e. The van der Waals surface area contributed by atoms with E-state index in [0.29, 0.717) is 5.56 Å². The zero-order valence-electron chi connectivity index (χ0n) is 10.6. The summed E-state index contributed by atoms with van der Waals surface area (Å²) in [5, 5.41) is 7.34. The predicted octanol–water partition coefficient (Wildman–Crippen LogP) is 4.97. The molecule has 0 aliphatic heterocycles. The van der Waals surface area contributed by atoms with Crippen LogP contribution in [-0.4, -0.2) is 10.2 Å². The van der Waals surface area contributed by atoms with E-state index in [0.717, 1.165) is 5.56 Å². The van der Waals surface area contributed by atoms with Crippen molar-refractivity contribution in [3.05, 3.63) is 70.3 Å². The molecule has 0 aliphatic carbocycles. The van der Waals surface area contributed by atoms with E-state index in [1.807, 2.05) is 30.3 Å². The van der Waals surface area contributed by atoms with Gasteiger partial charge in [-0.2, -0.15) is 0 Å². The first kappa shape index (κ1) is 14.2. The molecule has 21 heavy (non-hydrogen) atoms. The van der Waals surface area contributed by atoms with Gasteiger partial charge in [0.15, 0.2) is 0 Å². The van der Waals surface area contributed by atoms with Gasteiger partial charge in [-0.3, -0.25) is 0 Å². The molecule has 6 heteroatoms. The number of rotatable bonds is 3. The summed E-state index contributed by atoms with van der Waals surface area (Å²) >= 11 is 9.49. The number of alkyl halides is 1. The van der Waals surface area contributed by atoms with E-state index in [2.05, 4.69) is 26.1 Å². The van der Waals surface area contributed by atoms with Gasteiger partial charge in [0.1, 0.15) is 11.2 Å². The van der Waals surface area contributed by atoms with Crippen LogP contribution in [0, 0.1) is 5.82 Å². The van der Waals surface area contributed by atoms with Crippen molar-refractivity contribution in [1.29, 1.82) is 0 Å². The van der Waals surface area contributed by atoms with E-state index >= 15 is 0 Å². The van der Waals surface area contributed by atoms with Crippen molar-refractivity contribution in [2.24, 2.45) is 0 Å². The third kappa shape index (κ3) is 2.84. The van der Waals surface area contributed by atoms with Gasteiger partial charge in [0.25, 0.3) is 0 Å². The van der Waals surface area contributed by atoms with Crippen molar-refractivity contribution >= 4 is 27.5 Å². The molecule has 106 valence electrons. The monoisotopic (exact) mass is 366 g/mol. The van der Waals surface area contributed by atoms with Gasteiger partial charge < -0.3 is 4.42 Å². The molecular weight excluding hydrogens is 359 g/mol. The lowest BCUT2D eigenvalue weighted by Gasteiger charge is -2.04. The lowest BCUT2D eigenvalue weighted by atomic mass is 10.1. The van der Waals surface area contributed by atoms with E-state index in [4.69, 9.17) is 16.0 Å². The Morgan fingerprint density at radius 3 is 2.57 bits per heavy atom. The molecule has 1 heterocycles. The maximum absolute atomic E-state index is 13.5. The molecule has 0 spiro atoms. The molecule has 0 saturated heterocycles. The molecule has 3 rings (SSSR count). The van der Waals surface area contributed by atoms with Gasteiger partial charge in [0.2, 0.25) is 11.8 Å². The Morgan fingerprint density at radius 1 is 1.05 bits per heavy atom. The topological polar surface area (TPSA) is 38.9 Å². The maximum atomic E-state index is 13.5. The average molecular weight is 368 g/mol. The van der Waals surface area contributed by atoms with Crippen LogP contribution >= 0.6 is 27.5 Å². The molecule has 1 atom stereocenters. The first-order valence-electron chi connectivity index (χ1n) is 6.13. The molecule has 0 radical (unpaired) electrons. The van der Waals surface area contributed by atoms with Gasteiger partial charge in [-0.1, -0.05) is 36.4 Å².